The van der Waals surface area contributed by atoms with Crippen LogP contribution in [0.15, 0.2) is 30.6 Å². The average Bonchev–Trinajstić information content (AvgIpc) is 3.14. The lowest BCUT2D eigenvalue weighted by molar-refractivity contribution is -0.00569. The van der Waals surface area contributed by atoms with Crippen molar-refractivity contribution in [2.75, 3.05) is 37.7 Å². The molecule has 0 N–H and O–H groups in total. The Kier molecular flexibility index (Phi) is 4.88. The van der Waals surface area contributed by atoms with E-state index in [0.29, 0.717) is 31.3 Å². The first-order valence-corrected chi connectivity index (χ1v) is 9.32. The Bertz CT molecular complexity index is 769. The van der Waals surface area contributed by atoms with E-state index in [1.54, 1.807) is 6.20 Å². The monoisotopic (exact) mass is 355 g/mol. The van der Waals surface area contributed by atoms with Gasteiger partial charge in [0.1, 0.15) is 17.6 Å². The fourth-order valence-corrected chi connectivity index (χ4v) is 3.71. The lowest BCUT2D eigenvalue weighted by Crippen LogP contribution is -2.44. The highest BCUT2D eigenvalue weighted by molar-refractivity contribution is 5.93. The van der Waals surface area contributed by atoms with E-state index in [2.05, 4.69) is 9.88 Å². The van der Waals surface area contributed by atoms with Gasteiger partial charge in [0.05, 0.1) is 13.2 Å². The van der Waals surface area contributed by atoms with Crippen molar-refractivity contribution in [3.8, 4) is 0 Å². The number of ether oxygens (including phenoxy) is 1. The second kappa shape index (κ2) is 7.45. The van der Waals surface area contributed by atoms with Crippen LogP contribution in [0.4, 0.5) is 5.82 Å². The molecule has 2 aromatic heterocycles. The molecule has 0 aliphatic carbocycles. The van der Waals surface area contributed by atoms with Crippen LogP contribution in [0, 0.1) is 0 Å². The SMILES string of the molecule is Cn1cccc1C(=O)N1CCOCC1c1nccc(N2CCCCC2)n1. The number of piperidine rings is 1. The molecule has 0 spiro atoms. The Labute approximate surface area is 153 Å². The third-order valence-electron chi connectivity index (χ3n) is 5.19. The van der Waals surface area contributed by atoms with E-state index in [0.717, 1.165) is 18.9 Å². The molecule has 0 radical (unpaired) electrons. The Morgan fingerprint density at radius 2 is 2.04 bits per heavy atom. The van der Waals surface area contributed by atoms with Crippen molar-refractivity contribution in [3.05, 3.63) is 42.1 Å². The largest absolute Gasteiger partial charge is 0.377 e. The van der Waals surface area contributed by atoms with E-state index >= 15 is 0 Å². The molecule has 138 valence electrons. The van der Waals surface area contributed by atoms with E-state index < -0.39 is 0 Å². The molecule has 26 heavy (non-hydrogen) atoms. The van der Waals surface area contributed by atoms with Gasteiger partial charge in [-0.25, -0.2) is 9.97 Å². The van der Waals surface area contributed by atoms with Gasteiger partial charge in [0.15, 0.2) is 5.82 Å². The van der Waals surface area contributed by atoms with E-state index in [9.17, 15) is 4.79 Å². The van der Waals surface area contributed by atoms with Crippen LogP contribution in [-0.4, -0.2) is 58.2 Å². The predicted molar refractivity (Wildman–Crippen MR) is 98.1 cm³/mol. The summed E-state index contributed by atoms with van der Waals surface area (Å²) in [7, 11) is 1.89. The van der Waals surface area contributed by atoms with Crippen molar-refractivity contribution in [1.29, 1.82) is 0 Å². The first-order valence-electron chi connectivity index (χ1n) is 9.32. The second-order valence-electron chi connectivity index (χ2n) is 6.91. The smallest absolute Gasteiger partial charge is 0.271 e. The molecule has 0 aromatic carbocycles. The van der Waals surface area contributed by atoms with Gasteiger partial charge in [-0.3, -0.25) is 4.79 Å². The van der Waals surface area contributed by atoms with Crippen LogP contribution >= 0.6 is 0 Å². The Morgan fingerprint density at radius 3 is 2.81 bits per heavy atom. The minimum atomic E-state index is -0.254. The molecule has 2 aliphatic rings. The normalized spacial score (nSPS) is 21.0. The minimum Gasteiger partial charge on any atom is -0.377 e. The number of anilines is 1. The Balaban J connectivity index is 1.60. The minimum absolute atomic E-state index is 0.00206. The zero-order valence-electron chi connectivity index (χ0n) is 15.2. The van der Waals surface area contributed by atoms with Crippen LogP contribution in [0.5, 0.6) is 0 Å². The summed E-state index contributed by atoms with van der Waals surface area (Å²) in [5.74, 6) is 1.61. The molecular formula is C19H25N5O2. The van der Waals surface area contributed by atoms with Crippen molar-refractivity contribution in [2.45, 2.75) is 25.3 Å². The fourth-order valence-electron chi connectivity index (χ4n) is 3.71. The fraction of sp³-hybridized carbons (Fsp3) is 0.526. The molecule has 4 heterocycles. The summed E-state index contributed by atoms with van der Waals surface area (Å²) in [6.45, 7) is 3.58. The van der Waals surface area contributed by atoms with Crippen molar-refractivity contribution < 1.29 is 9.53 Å². The van der Waals surface area contributed by atoms with Crippen molar-refractivity contribution in [2.24, 2.45) is 7.05 Å². The van der Waals surface area contributed by atoms with E-state index in [4.69, 9.17) is 9.72 Å². The van der Waals surface area contributed by atoms with Crippen molar-refractivity contribution in [3.63, 3.8) is 0 Å². The lowest BCUT2D eigenvalue weighted by atomic mass is 10.1. The number of nitrogens with zero attached hydrogens (tertiary/aromatic N) is 5. The molecule has 1 atom stereocenters. The van der Waals surface area contributed by atoms with Crippen molar-refractivity contribution in [1.82, 2.24) is 19.4 Å². The summed E-state index contributed by atoms with van der Waals surface area (Å²) in [5.41, 5.74) is 0.670. The van der Waals surface area contributed by atoms with Crippen molar-refractivity contribution >= 4 is 11.7 Å². The van der Waals surface area contributed by atoms with Crippen LogP contribution in [0.3, 0.4) is 0 Å². The number of aryl methyl sites for hydroxylation is 1. The third kappa shape index (κ3) is 3.31. The maximum Gasteiger partial charge on any atom is 0.271 e. The van der Waals surface area contributed by atoms with Crippen LogP contribution in [0.1, 0.15) is 41.6 Å². The topological polar surface area (TPSA) is 63.5 Å². The molecule has 7 nitrogen and oxygen atoms in total. The van der Waals surface area contributed by atoms with Gasteiger partial charge in [-0.1, -0.05) is 0 Å². The lowest BCUT2D eigenvalue weighted by Gasteiger charge is -2.35. The molecule has 1 amide bonds. The number of hydrogen-bond donors (Lipinski definition) is 0. The van der Waals surface area contributed by atoms with Gasteiger partial charge in [-0.05, 0) is 37.5 Å². The van der Waals surface area contributed by atoms with Gasteiger partial charge in [-0.15, -0.1) is 0 Å². The van der Waals surface area contributed by atoms with Crippen LogP contribution in [0.25, 0.3) is 0 Å². The summed E-state index contributed by atoms with van der Waals surface area (Å²) in [6, 6.07) is 5.44. The molecular weight excluding hydrogens is 330 g/mol. The highest BCUT2D eigenvalue weighted by Gasteiger charge is 2.32. The van der Waals surface area contributed by atoms with Gasteiger partial charge in [-0.2, -0.15) is 0 Å². The number of carbonyl (C=O) groups is 1. The molecule has 0 saturated carbocycles. The molecule has 2 fully saturated rings. The molecule has 0 bridgehead atoms. The molecule has 2 aromatic rings. The standard InChI is InChI=1S/C19H25N5O2/c1-22-9-5-6-15(22)19(25)24-12-13-26-14-16(24)18-20-8-7-17(21-18)23-10-3-2-4-11-23/h5-9,16H,2-4,10-14H2,1H3. The maximum absolute atomic E-state index is 13.0. The molecule has 2 saturated heterocycles. The molecule has 4 rings (SSSR count). The van der Waals surface area contributed by atoms with E-state index in [-0.39, 0.29) is 11.9 Å². The number of hydrogen-bond acceptors (Lipinski definition) is 5. The van der Waals surface area contributed by atoms with Crippen LogP contribution < -0.4 is 4.90 Å². The second-order valence-corrected chi connectivity index (χ2v) is 6.91. The first kappa shape index (κ1) is 17.0. The number of aromatic nitrogens is 3. The van der Waals surface area contributed by atoms with Crippen LogP contribution in [-0.2, 0) is 11.8 Å². The molecule has 2 aliphatic heterocycles. The van der Waals surface area contributed by atoms with Gasteiger partial charge >= 0.3 is 0 Å². The summed E-state index contributed by atoms with van der Waals surface area (Å²) >= 11 is 0. The Morgan fingerprint density at radius 1 is 1.19 bits per heavy atom. The van der Waals surface area contributed by atoms with E-state index in [1.807, 2.05) is 40.9 Å². The van der Waals surface area contributed by atoms with Crippen LogP contribution in [0.2, 0.25) is 0 Å². The molecule has 7 heteroatoms. The quantitative estimate of drug-likeness (QED) is 0.843. The molecule has 1 unspecified atom stereocenters. The zero-order chi connectivity index (χ0) is 17.9. The highest BCUT2D eigenvalue weighted by Crippen LogP contribution is 2.26. The van der Waals surface area contributed by atoms with Gasteiger partial charge < -0.3 is 19.1 Å². The van der Waals surface area contributed by atoms with Gasteiger partial charge in [0.25, 0.3) is 5.91 Å². The summed E-state index contributed by atoms with van der Waals surface area (Å²) in [4.78, 5) is 26.5. The first-order chi connectivity index (χ1) is 12.7. The summed E-state index contributed by atoms with van der Waals surface area (Å²) in [6.07, 6.45) is 7.36. The van der Waals surface area contributed by atoms with Gasteiger partial charge in [0.2, 0.25) is 0 Å². The Hall–Kier alpha value is -2.41. The van der Waals surface area contributed by atoms with Gasteiger partial charge in [0, 0.05) is 39.1 Å². The predicted octanol–water partition coefficient (Wildman–Crippen LogP) is 2.02. The number of amides is 1. The zero-order valence-corrected chi connectivity index (χ0v) is 15.2. The summed E-state index contributed by atoms with van der Waals surface area (Å²) < 4.78 is 7.50. The number of morpholine rings is 1. The number of rotatable bonds is 3. The average molecular weight is 355 g/mol. The highest BCUT2D eigenvalue weighted by atomic mass is 16.5. The maximum atomic E-state index is 13.0. The summed E-state index contributed by atoms with van der Waals surface area (Å²) in [5, 5.41) is 0. The van der Waals surface area contributed by atoms with E-state index in [1.165, 1.54) is 19.3 Å². The third-order valence-corrected chi connectivity index (χ3v) is 5.19. The number of carbonyl (C=O) groups excluding carboxylic acids is 1.